The van der Waals surface area contributed by atoms with Crippen LogP contribution in [0.2, 0.25) is 0 Å². The Labute approximate surface area is 76.9 Å². The predicted octanol–water partition coefficient (Wildman–Crippen LogP) is 2.81. The van der Waals surface area contributed by atoms with Crippen molar-refractivity contribution < 1.29 is 0 Å². The maximum absolute atomic E-state index is 3.41. The standard InChI is InChI=1S/C11H23N/c1-9-7-10(12-4)5-6-11(2,3)8-9/h9-10,12H,5-8H2,1-4H3. The molecule has 0 aromatic rings. The molecule has 72 valence electrons. The topological polar surface area (TPSA) is 12.0 Å². The molecule has 1 aliphatic carbocycles. The molecule has 1 N–H and O–H groups in total. The van der Waals surface area contributed by atoms with Gasteiger partial charge in [-0.05, 0) is 44.1 Å². The number of hydrogen-bond acceptors (Lipinski definition) is 1. The fraction of sp³-hybridized carbons (Fsp3) is 1.00. The van der Waals surface area contributed by atoms with Crippen LogP contribution in [0.5, 0.6) is 0 Å². The summed E-state index contributed by atoms with van der Waals surface area (Å²) in [5.74, 6) is 0.889. The van der Waals surface area contributed by atoms with Crippen molar-refractivity contribution in [1.82, 2.24) is 5.32 Å². The second-order valence-electron chi connectivity index (χ2n) is 5.23. The molecule has 0 aromatic carbocycles. The molecule has 0 bridgehead atoms. The molecule has 0 heterocycles. The van der Waals surface area contributed by atoms with Crippen molar-refractivity contribution in [2.75, 3.05) is 7.05 Å². The lowest BCUT2D eigenvalue weighted by Crippen LogP contribution is -2.25. The molecule has 2 atom stereocenters. The van der Waals surface area contributed by atoms with Crippen molar-refractivity contribution in [3.05, 3.63) is 0 Å². The van der Waals surface area contributed by atoms with E-state index >= 15 is 0 Å². The first-order valence-electron chi connectivity index (χ1n) is 5.21. The summed E-state index contributed by atoms with van der Waals surface area (Å²) in [7, 11) is 2.09. The minimum absolute atomic E-state index is 0.574. The lowest BCUT2D eigenvalue weighted by Gasteiger charge is -2.24. The molecule has 0 amide bonds. The lowest BCUT2D eigenvalue weighted by molar-refractivity contribution is 0.277. The van der Waals surface area contributed by atoms with Gasteiger partial charge in [0.2, 0.25) is 0 Å². The first-order chi connectivity index (χ1) is 5.53. The normalized spacial score (nSPS) is 36.0. The molecule has 2 unspecified atom stereocenters. The van der Waals surface area contributed by atoms with Crippen LogP contribution in [0, 0.1) is 11.3 Å². The average molecular weight is 169 g/mol. The smallest absolute Gasteiger partial charge is 0.00668 e. The van der Waals surface area contributed by atoms with Crippen LogP contribution in [0.25, 0.3) is 0 Å². The summed E-state index contributed by atoms with van der Waals surface area (Å²) in [6, 6.07) is 0.766. The van der Waals surface area contributed by atoms with Gasteiger partial charge in [-0.25, -0.2) is 0 Å². The summed E-state index contributed by atoms with van der Waals surface area (Å²) in [5, 5.41) is 3.41. The van der Waals surface area contributed by atoms with E-state index in [1.807, 2.05) is 0 Å². The molecule has 1 fully saturated rings. The number of nitrogens with one attached hydrogen (secondary N) is 1. The third-order valence-corrected chi connectivity index (χ3v) is 3.17. The predicted molar refractivity (Wildman–Crippen MR) is 54.3 cm³/mol. The highest BCUT2D eigenvalue weighted by Crippen LogP contribution is 2.36. The van der Waals surface area contributed by atoms with E-state index in [2.05, 4.69) is 33.1 Å². The van der Waals surface area contributed by atoms with Crippen LogP contribution >= 0.6 is 0 Å². The first-order valence-corrected chi connectivity index (χ1v) is 5.21. The van der Waals surface area contributed by atoms with Gasteiger partial charge in [0.15, 0.2) is 0 Å². The van der Waals surface area contributed by atoms with Crippen LogP contribution in [-0.4, -0.2) is 13.1 Å². The zero-order chi connectivity index (χ0) is 9.19. The molecule has 1 heteroatoms. The largest absolute Gasteiger partial charge is 0.317 e. The highest BCUT2D eigenvalue weighted by molar-refractivity contribution is 4.81. The zero-order valence-corrected chi connectivity index (χ0v) is 8.98. The molecular weight excluding hydrogens is 146 g/mol. The van der Waals surface area contributed by atoms with Crippen LogP contribution < -0.4 is 5.32 Å². The molecule has 0 aliphatic heterocycles. The highest BCUT2D eigenvalue weighted by Gasteiger charge is 2.27. The van der Waals surface area contributed by atoms with E-state index in [1.165, 1.54) is 25.7 Å². The van der Waals surface area contributed by atoms with Gasteiger partial charge in [-0.2, -0.15) is 0 Å². The van der Waals surface area contributed by atoms with Gasteiger partial charge < -0.3 is 5.32 Å². The zero-order valence-electron chi connectivity index (χ0n) is 8.98. The Morgan fingerprint density at radius 2 is 2.00 bits per heavy atom. The van der Waals surface area contributed by atoms with E-state index in [0.29, 0.717) is 5.41 Å². The summed E-state index contributed by atoms with van der Waals surface area (Å²) < 4.78 is 0. The van der Waals surface area contributed by atoms with Crippen molar-refractivity contribution in [1.29, 1.82) is 0 Å². The number of hydrogen-bond donors (Lipinski definition) is 1. The molecule has 12 heavy (non-hydrogen) atoms. The molecule has 0 saturated heterocycles. The Balaban J connectivity index is 2.53. The van der Waals surface area contributed by atoms with Crippen LogP contribution in [0.3, 0.4) is 0 Å². The van der Waals surface area contributed by atoms with Crippen molar-refractivity contribution >= 4 is 0 Å². The fourth-order valence-corrected chi connectivity index (χ4v) is 2.56. The Morgan fingerprint density at radius 3 is 2.58 bits per heavy atom. The highest BCUT2D eigenvalue weighted by atomic mass is 14.9. The van der Waals surface area contributed by atoms with Crippen molar-refractivity contribution in [3.63, 3.8) is 0 Å². The molecule has 0 radical (unpaired) electrons. The van der Waals surface area contributed by atoms with E-state index in [-0.39, 0.29) is 0 Å². The minimum Gasteiger partial charge on any atom is -0.317 e. The fourth-order valence-electron chi connectivity index (χ4n) is 2.56. The molecule has 1 saturated carbocycles. The van der Waals surface area contributed by atoms with Crippen LogP contribution in [0.1, 0.15) is 46.5 Å². The van der Waals surface area contributed by atoms with Gasteiger partial charge in [0.05, 0.1) is 0 Å². The van der Waals surface area contributed by atoms with Crippen molar-refractivity contribution in [2.24, 2.45) is 11.3 Å². The second kappa shape index (κ2) is 3.78. The Kier molecular flexibility index (Phi) is 3.16. The van der Waals surface area contributed by atoms with Crippen LogP contribution in [-0.2, 0) is 0 Å². The van der Waals surface area contributed by atoms with Gasteiger partial charge in [0.1, 0.15) is 0 Å². The maximum Gasteiger partial charge on any atom is 0.00668 e. The van der Waals surface area contributed by atoms with Gasteiger partial charge in [0, 0.05) is 6.04 Å². The second-order valence-corrected chi connectivity index (χ2v) is 5.23. The Hall–Kier alpha value is -0.0400. The van der Waals surface area contributed by atoms with Crippen molar-refractivity contribution in [3.8, 4) is 0 Å². The maximum atomic E-state index is 3.41. The summed E-state index contributed by atoms with van der Waals surface area (Å²) in [6.45, 7) is 7.19. The Bertz CT molecular complexity index is 140. The van der Waals surface area contributed by atoms with E-state index in [1.54, 1.807) is 0 Å². The van der Waals surface area contributed by atoms with E-state index in [9.17, 15) is 0 Å². The average Bonchev–Trinajstić information content (AvgIpc) is 2.07. The molecule has 1 aliphatic rings. The summed E-state index contributed by atoms with van der Waals surface area (Å²) in [6.07, 6.45) is 5.49. The lowest BCUT2D eigenvalue weighted by atomic mass is 9.82. The minimum atomic E-state index is 0.574. The third-order valence-electron chi connectivity index (χ3n) is 3.17. The van der Waals surface area contributed by atoms with E-state index < -0.39 is 0 Å². The van der Waals surface area contributed by atoms with Crippen LogP contribution in [0.4, 0.5) is 0 Å². The monoisotopic (exact) mass is 169 g/mol. The molecule has 0 aromatic heterocycles. The molecule has 1 nitrogen and oxygen atoms in total. The Morgan fingerprint density at radius 1 is 1.33 bits per heavy atom. The molecule has 0 spiro atoms. The molecule has 1 rings (SSSR count). The summed E-state index contributed by atoms with van der Waals surface area (Å²) >= 11 is 0. The summed E-state index contributed by atoms with van der Waals surface area (Å²) in [4.78, 5) is 0. The van der Waals surface area contributed by atoms with E-state index in [4.69, 9.17) is 0 Å². The molecular formula is C11H23N. The SMILES string of the molecule is CNC1CCC(C)(C)CC(C)C1. The summed E-state index contributed by atoms with van der Waals surface area (Å²) in [5.41, 5.74) is 0.574. The van der Waals surface area contributed by atoms with Crippen LogP contribution in [0.15, 0.2) is 0 Å². The van der Waals surface area contributed by atoms with E-state index in [0.717, 1.165) is 12.0 Å². The van der Waals surface area contributed by atoms with Gasteiger partial charge in [-0.15, -0.1) is 0 Å². The number of rotatable bonds is 1. The van der Waals surface area contributed by atoms with Gasteiger partial charge in [0.25, 0.3) is 0 Å². The van der Waals surface area contributed by atoms with Crippen molar-refractivity contribution in [2.45, 2.75) is 52.5 Å². The quantitative estimate of drug-likeness (QED) is 0.595. The van der Waals surface area contributed by atoms with Gasteiger partial charge >= 0.3 is 0 Å². The third kappa shape index (κ3) is 2.78. The first kappa shape index (κ1) is 10.0. The van der Waals surface area contributed by atoms with Gasteiger partial charge in [-0.3, -0.25) is 0 Å². The van der Waals surface area contributed by atoms with Gasteiger partial charge in [-0.1, -0.05) is 20.8 Å².